The predicted molar refractivity (Wildman–Crippen MR) is 101 cm³/mol. The standard InChI is InChI=1S/C18H24N4O4S/c1-12-4-5-14(10-13(12)2)11-16-20-21-18(26-16)19-17(23)15-6-8-22(9-7-15)27(3,24)25/h4-5,10,15H,6-9,11H2,1-3H3,(H,19,21,23). The minimum atomic E-state index is -3.21. The Labute approximate surface area is 159 Å². The highest BCUT2D eigenvalue weighted by molar-refractivity contribution is 7.88. The zero-order valence-electron chi connectivity index (χ0n) is 15.7. The molecular formula is C18H24N4O4S. The van der Waals surface area contributed by atoms with Gasteiger partial charge in [0.25, 0.3) is 0 Å². The number of anilines is 1. The van der Waals surface area contributed by atoms with Crippen LogP contribution in [0.3, 0.4) is 0 Å². The van der Waals surface area contributed by atoms with Crippen molar-refractivity contribution in [2.75, 3.05) is 24.7 Å². The van der Waals surface area contributed by atoms with Crippen LogP contribution in [0.4, 0.5) is 6.01 Å². The Hall–Kier alpha value is -2.26. The number of hydrogen-bond donors (Lipinski definition) is 1. The topological polar surface area (TPSA) is 105 Å². The van der Waals surface area contributed by atoms with Crippen LogP contribution in [0.15, 0.2) is 22.6 Å². The molecule has 1 aromatic carbocycles. The number of piperidine rings is 1. The second kappa shape index (κ2) is 7.77. The van der Waals surface area contributed by atoms with Crippen molar-refractivity contribution in [1.82, 2.24) is 14.5 Å². The number of nitrogens with one attached hydrogen (secondary N) is 1. The summed E-state index contributed by atoms with van der Waals surface area (Å²) in [5.41, 5.74) is 3.48. The summed E-state index contributed by atoms with van der Waals surface area (Å²) < 4.78 is 30.0. The molecule has 0 bridgehead atoms. The smallest absolute Gasteiger partial charge is 0.322 e. The van der Waals surface area contributed by atoms with Gasteiger partial charge in [-0.15, -0.1) is 5.10 Å². The highest BCUT2D eigenvalue weighted by atomic mass is 32.2. The van der Waals surface area contributed by atoms with Crippen LogP contribution in [-0.4, -0.2) is 48.2 Å². The first-order valence-electron chi connectivity index (χ1n) is 8.87. The number of carbonyl (C=O) groups is 1. The summed E-state index contributed by atoms with van der Waals surface area (Å²) in [6.45, 7) is 4.80. The van der Waals surface area contributed by atoms with E-state index < -0.39 is 10.0 Å². The lowest BCUT2D eigenvalue weighted by Crippen LogP contribution is -2.40. The molecule has 0 radical (unpaired) electrons. The van der Waals surface area contributed by atoms with E-state index in [4.69, 9.17) is 4.42 Å². The molecule has 146 valence electrons. The number of rotatable bonds is 5. The third-order valence-corrected chi connectivity index (χ3v) is 6.22. The van der Waals surface area contributed by atoms with Crippen molar-refractivity contribution in [3.05, 3.63) is 40.8 Å². The molecule has 1 aliphatic heterocycles. The normalized spacial score (nSPS) is 16.4. The predicted octanol–water partition coefficient (Wildman–Crippen LogP) is 1.89. The van der Waals surface area contributed by atoms with Gasteiger partial charge in [0.15, 0.2) is 0 Å². The minimum absolute atomic E-state index is 0.0735. The van der Waals surface area contributed by atoms with Gasteiger partial charge in [-0.05, 0) is 43.4 Å². The SMILES string of the molecule is Cc1ccc(Cc2nnc(NC(=O)C3CCN(S(C)(=O)=O)CC3)o2)cc1C. The van der Waals surface area contributed by atoms with E-state index >= 15 is 0 Å². The van der Waals surface area contributed by atoms with Gasteiger partial charge in [0.2, 0.25) is 21.8 Å². The Morgan fingerprint density at radius 1 is 1.22 bits per heavy atom. The fraction of sp³-hybridized carbons (Fsp3) is 0.500. The van der Waals surface area contributed by atoms with Crippen LogP contribution in [0.25, 0.3) is 0 Å². The maximum Gasteiger partial charge on any atom is 0.322 e. The summed E-state index contributed by atoms with van der Waals surface area (Å²) in [7, 11) is -3.21. The van der Waals surface area contributed by atoms with Crippen LogP contribution < -0.4 is 5.32 Å². The second-order valence-corrected chi connectivity index (χ2v) is 9.00. The van der Waals surface area contributed by atoms with Crippen molar-refractivity contribution >= 4 is 21.9 Å². The van der Waals surface area contributed by atoms with Crippen LogP contribution in [0.1, 0.15) is 35.4 Å². The summed E-state index contributed by atoms with van der Waals surface area (Å²) in [5.74, 6) is -0.0527. The lowest BCUT2D eigenvalue weighted by atomic mass is 9.97. The first-order chi connectivity index (χ1) is 12.7. The number of nitrogens with zero attached hydrogens (tertiary/aromatic N) is 3. The monoisotopic (exact) mass is 392 g/mol. The number of carbonyl (C=O) groups excluding carboxylic acids is 1. The molecule has 1 saturated heterocycles. The van der Waals surface area contributed by atoms with Crippen LogP contribution in [-0.2, 0) is 21.2 Å². The molecule has 1 aromatic heterocycles. The van der Waals surface area contributed by atoms with E-state index in [9.17, 15) is 13.2 Å². The molecule has 0 unspecified atom stereocenters. The van der Waals surface area contributed by atoms with Gasteiger partial charge in [0.05, 0.1) is 12.7 Å². The van der Waals surface area contributed by atoms with Crippen LogP contribution in [0, 0.1) is 19.8 Å². The first-order valence-corrected chi connectivity index (χ1v) is 10.7. The van der Waals surface area contributed by atoms with E-state index in [2.05, 4.69) is 28.5 Å². The van der Waals surface area contributed by atoms with Crippen molar-refractivity contribution < 1.29 is 17.6 Å². The van der Waals surface area contributed by atoms with Crippen molar-refractivity contribution in [3.63, 3.8) is 0 Å². The summed E-state index contributed by atoms with van der Waals surface area (Å²) in [6, 6.07) is 6.21. The van der Waals surface area contributed by atoms with Crippen molar-refractivity contribution in [2.24, 2.45) is 5.92 Å². The Kier molecular flexibility index (Phi) is 5.61. The molecular weight excluding hydrogens is 368 g/mol. The van der Waals surface area contributed by atoms with E-state index in [0.29, 0.717) is 38.2 Å². The highest BCUT2D eigenvalue weighted by Crippen LogP contribution is 2.21. The molecule has 0 spiro atoms. The molecule has 0 aliphatic carbocycles. The zero-order chi connectivity index (χ0) is 19.6. The van der Waals surface area contributed by atoms with Crippen LogP contribution >= 0.6 is 0 Å². The number of benzene rings is 1. The Bertz CT molecular complexity index is 931. The lowest BCUT2D eigenvalue weighted by Gasteiger charge is -2.29. The summed E-state index contributed by atoms with van der Waals surface area (Å²) in [4.78, 5) is 12.4. The number of aromatic nitrogens is 2. The lowest BCUT2D eigenvalue weighted by molar-refractivity contribution is -0.121. The van der Waals surface area contributed by atoms with Gasteiger partial charge < -0.3 is 4.42 Å². The summed E-state index contributed by atoms with van der Waals surface area (Å²) >= 11 is 0. The molecule has 0 atom stereocenters. The average Bonchev–Trinajstić information content (AvgIpc) is 3.04. The van der Waals surface area contributed by atoms with Gasteiger partial charge in [-0.2, -0.15) is 0 Å². The maximum atomic E-state index is 12.4. The van der Waals surface area contributed by atoms with Crippen molar-refractivity contribution in [3.8, 4) is 0 Å². The minimum Gasteiger partial charge on any atom is -0.407 e. The van der Waals surface area contributed by atoms with Crippen molar-refractivity contribution in [2.45, 2.75) is 33.1 Å². The van der Waals surface area contributed by atoms with Crippen LogP contribution in [0.2, 0.25) is 0 Å². The molecule has 9 heteroatoms. The molecule has 2 aromatic rings. The molecule has 1 fully saturated rings. The van der Waals surface area contributed by atoms with E-state index in [1.165, 1.54) is 21.7 Å². The summed E-state index contributed by atoms with van der Waals surface area (Å²) in [6.07, 6.45) is 2.63. The fourth-order valence-corrected chi connectivity index (χ4v) is 3.99. The Morgan fingerprint density at radius 2 is 1.93 bits per heavy atom. The first kappa shape index (κ1) is 19.5. The fourth-order valence-electron chi connectivity index (χ4n) is 3.12. The van der Waals surface area contributed by atoms with E-state index in [1.54, 1.807) is 0 Å². The quantitative estimate of drug-likeness (QED) is 0.833. The van der Waals surface area contributed by atoms with Gasteiger partial charge in [-0.25, -0.2) is 12.7 Å². The van der Waals surface area contributed by atoms with E-state index in [0.717, 1.165) is 5.56 Å². The average molecular weight is 392 g/mol. The van der Waals surface area contributed by atoms with Gasteiger partial charge >= 0.3 is 6.01 Å². The molecule has 1 amide bonds. The number of hydrogen-bond acceptors (Lipinski definition) is 6. The highest BCUT2D eigenvalue weighted by Gasteiger charge is 2.29. The Morgan fingerprint density at radius 3 is 2.56 bits per heavy atom. The molecule has 3 rings (SSSR count). The van der Waals surface area contributed by atoms with Gasteiger partial charge in [0, 0.05) is 19.0 Å². The maximum absolute atomic E-state index is 12.4. The molecule has 2 heterocycles. The molecule has 1 aliphatic rings. The number of sulfonamides is 1. The Balaban J connectivity index is 1.56. The van der Waals surface area contributed by atoms with E-state index in [-0.39, 0.29) is 17.8 Å². The zero-order valence-corrected chi connectivity index (χ0v) is 16.5. The molecule has 27 heavy (non-hydrogen) atoms. The van der Waals surface area contributed by atoms with Gasteiger partial charge in [0.1, 0.15) is 0 Å². The number of amides is 1. The number of aryl methyl sites for hydroxylation is 2. The van der Waals surface area contributed by atoms with Crippen LogP contribution in [0.5, 0.6) is 0 Å². The summed E-state index contributed by atoms with van der Waals surface area (Å²) in [5, 5.41) is 10.5. The third kappa shape index (κ3) is 4.92. The van der Waals surface area contributed by atoms with Gasteiger partial charge in [-0.1, -0.05) is 23.3 Å². The van der Waals surface area contributed by atoms with E-state index in [1.807, 2.05) is 19.1 Å². The second-order valence-electron chi connectivity index (χ2n) is 7.02. The largest absolute Gasteiger partial charge is 0.407 e. The molecule has 0 saturated carbocycles. The third-order valence-electron chi connectivity index (χ3n) is 4.92. The van der Waals surface area contributed by atoms with Gasteiger partial charge in [-0.3, -0.25) is 10.1 Å². The molecule has 8 nitrogen and oxygen atoms in total. The van der Waals surface area contributed by atoms with Crippen molar-refractivity contribution in [1.29, 1.82) is 0 Å². The molecule has 1 N–H and O–H groups in total.